The first-order valence-electron chi connectivity index (χ1n) is 8.65. The molecule has 0 unspecified atom stereocenters. The first-order chi connectivity index (χ1) is 14.7. The van der Waals surface area contributed by atoms with Crippen LogP contribution in [0.2, 0.25) is 0 Å². The molecule has 0 fully saturated rings. The molecule has 7 nitrogen and oxygen atoms in total. The Balaban J connectivity index is 1.69. The second kappa shape index (κ2) is 7.99. The fourth-order valence-corrected chi connectivity index (χ4v) is 4.48. The third kappa shape index (κ3) is 5.18. The van der Waals surface area contributed by atoms with Gasteiger partial charge in [-0.25, -0.2) is 9.71 Å². The fourth-order valence-electron chi connectivity index (χ4n) is 2.80. The van der Waals surface area contributed by atoms with Crippen LogP contribution in [0.1, 0.15) is 0 Å². The standard InChI is InChI=1S/C19H12F3N4O3S2/c20-19(21,22)29-14-5-1-4-13(11-14)15-8-7-12-3-2-6-16(17(12)24-15)25-31(27,28)26-18-23-9-10-30-18/h1-11,25H/q+1/p+1. The first-order valence-corrected chi connectivity index (χ1v) is 11.0. The van der Waals surface area contributed by atoms with Gasteiger partial charge in [-0.3, -0.25) is 0 Å². The topological polar surface area (TPSA) is 94.4 Å². The van der Waals surface area contributed by atoms with Crippen LogP contribution in [0.15, 0.2) is 54.6 Å². The van der Waals surface area contributed by atoms with Crippen molar-refractivity contribution in [3.8, 4) is 17.0 Å². The van der Waals surface area contributed by atoms with E-state index >= 15 is 0 Å². The third-order valence-corrected chi connectivity index (χ3v) is 5.75. The number of nitrogens with zero attached hydrogens (tertiary/aromatic N) is 2. The van der Waals surface area contributed by atoms with Gasteiger partial charge in [0.05, 0.1) is 16.9 Å². The van der Waals surface area contributed by atoms with E-state index in [0.717, 1.165) is 11.4 Å². The van der Waals surface area contributed by atoms with Crippen LogP contribution in [0.3, 0.4) is 0 Å². The lowest BCUT2D eigenvalue weighted by Gasteiger charge is -2.11. The van der Waals surface area contributed by atoms with Crippen molar-refractivity contribution in [3.05, 3.63) is 54.6 Å². The summed E-state index contributed by atoms with van der Waals surface area (Å²) < 4.78 is 75.0. The van der Waals surface area contributed by atoms with Crippen molar-refractivity contribution in [1.82, 2.24) is 14.4 Å². The summed E-state index contributed by atoms with van der Waals surface area (Å²) in [6, 6.07) is 13.6. The van der Waals surface area contributed by atoms with E-state index in [1.165, 1.54) is 30.5 Å². The number of anilines is 1. The molecule has 12 heteroatoms. The molecule has 0 saturated carbocycles. The molecule has 0 amide bonds. The molecule has 31 heavy (non-hydrogen) atoms. The van der Waals surface area contributed by atoms with Gasteiger partial charge in [0.15, 0.2) is 0 Å². The quantitative estimate of drug-likeness (QED) is 0.343. The largest absolute Gasteiger partial charge is 0.649 e. The molecule has 3 aromatic rings. The van der Waals surface area contributed by atoms with Crippen molar-refractivity contribution in [1.29, 1.82) is 0 Å². The normalized spacial score (nSPS) is 13.3. The number of hydrogen-bond acceptors (Lipinski definition) is 4. The van der Waals surface area contributed by atoms with E-state index in [-0.39, 0.29) is 16.6 Å². The molecule has 1 aliphatic heterocycles. The number of para-hydroxylation sites is 1. The minimum atomic E-state index is -4.81. The number of pyridine rings is 1. The highest BCUT2D eigenvalue weighted by atomic mass is 32.2. The van der Waals surface area contributed by atoms with Crippen molar-refractivity contribution in [2.24, 2.45) is 0 Å². The maximum Gasteiger partial charge on any atom is 0.649 e. The SMILES string of the molecule is O=S(=O)(NC1=[N+]=CC=[S+]1)Nc1cccc2ccc(-c3cccc(OC(F)(F)F)c3)nc12. The molecule has 1 aromatic heterocycles. The van der Waals surface area contributed by atoms with E-state index in [9.17, 15) is 21.6 Å². The number of benzene rings is 2. The van der Waals surface area contributed by atoms with Crippen LogP contribution in [0.25, 0.3) is 22.2 Å². The van der Waals surface area contributed by atoms with Crippen LogP contribution >= 0.6 is 0 Å². The molecule has 0 bridgehead atoms. The molecule has 0 radical (unpaired) electrons. The van der Waals surface area contributed by atoms with Crippen LogP contribution in [0, 0.1) is 0 Å². The van der Waals surface area contributed by atoms with Crippen molar-refractivity contribution in [2.45, 2.75) is 6.36 Å². The molecule has 0 aliphatic carbocycles. The van der Waals surface area contributed by atoms with Gasteiger partial charge in [0.1, 0.15) is 5.75 Å². The maximum atomic E-state index is 12.5. The Hall–Kier alpha value is -3.47. The molecule has 0 saturated heterocycles. The molecule has 4 rings (SSSR count). The van der Waals surface area contributed by atoms with Gasteiger partial charge in [-0.15, -0.1) is 13.2 Å². The smallest absolute Gasteiger partial charge is 0.406 e. The number of ether oxygens (including phenoxy) is 1. The Morgan fingerprint density at radius 3 is 2.58 bits per heavy atom. The minimum absolute atomic E-state index is 0.197. The third-order valence-electron chi connectivity index (χ3n) is 3.98. The highest BCUT2D eigenvalue weighted by Crippen LogP contribution is 2.30. The molecule has 0 atom stereocenters. The number of amidine groups is 1. The number of rotatable bonds is 5. The summed E-state index contributed by atoms with van der Waals surface area (Å²) in [5.41, 5.74) is 1.25. The predicted molar refractivity (Wildman–Crippen MR) is 116 cm³/mol. The Bertz CT molecular complexity index is 1370. The van der Waals surface area contributed by atoms with Crippen LogP contribution in [0.4, 0.5) is 18.9 Å². The summed E-state index contributed by atoms with van der Waals surface area (Å²) in [6.07, 6.45) is -3.35. The number of alkyl halides is 3. The monoisotopic (exact) mass is 466 g/mol. The Morgan fingerprint density at radius 1 is 1.03 bits per heavy atom. The lowest BCUT2D eigenvalue weighted by Crippen LogP contribution is -2.35. The van der Waals surface area contributed by atoms with E-state index in [1.807, 2.05) is 0 Å². The average molecular weight is 466 g/mol. The summed E-state index contributed by atoms with van der Waals surface area (Å²) in [5, 5.41) is 2.46. The van der Waals surface area contributed by atoms with Gasteiger partial charge in [-0.2, -0.15) is 13.1 Å². The Labute approximate surface area is 178 Å². The molecular formula is C19H13F3N4O3S2+2. The Morgan fingerprint density at radius 2 is 1.84 bits per heavy atom. The summed E-state index contributed by atoms with van der Waals surface area (Å²) in [5.74, 6) is -0.381. The van der Waals surface area contributed by atoms with E-state index in [2.05, 4.69) is 23.8 Å². The number of halogens is 3. The molecule has 2 N–H and O–H groups in total. The van der Waals surface area contributed by atoms with Crippen LogP contribution < -0.4 is 18.8 Å². The molecule has 0 spiro atoms. The summed E-state index contributed by atoms with van der Waals surface area (Å²) in [4.78, 5) is 4.46. The van der Waals surface area contributed by atoms with Gasteiger partial charge in [0, 0.05) is 10.9 Å². The van der Waals surface area contributed by atoms with Gasteiger partial charge < -0.3 is 4.74 Å². The fraction of sp³-hybridized carbons (Fsp3) is 0.0526. The zero-order chi connectivity index (χ0) is 22.1. The summed E-state index contributed by atoms with van der Waals surface area (Å²) >= 11 is 1.12. The summed E-state index contributed by atoms with van der Waals surface area (Å²) in [6.45, 7) is 0. The predicted octanol–water partition coefficient (Wildman–Crippen LogP) is 2.44. The highest BCUT2D eigenvalue weighted by Gasteiger charge is 2.32. The van der Waals surface area contributed by atoms with Crippen LogP contribution in [0.5, 0.6) is 5.75 Å². The van der Waals surface area contributed by atoms with E-state index in [4.69, 9.17) is 0 Å². The molecular weight excluding hydrogens is 453 g/mol. The van der Waals surface area contributed by atoms with Gasteiger partial charge in [-0.05, 0) is 24.3 Å². The molecule has 158 valence electrons. The second-order valence-electron chi connectivity index (χ2n) is 6.19. The minimum Gasteiger partial charge on any atom is -0.406 e. The molecule has 2 heterocycles. The molecule has 1 aliphatic rings. The van der Waals surface area contributed by atoms with E-state index < -0.39 is 16.6 Å². The van der Waals surface area contributed by atoms with E-state index in [0.29, 0.717) is 22.2 Å². The van der Waals surface area contributed by atoms with Crippen LogP contribution in [-0.2, 0) is 21.6 Å². The average Bonchev–Trinajstić information content (AvgIpc) is 3.19. The van der Waals surface area contributed by atoms with Gasteiger partial charge in [0.25, 0.3) is 11.6 Å². The second-order valence-corrected chi connectivity index (χ2v) is 8.50. The van der Waals surface area contributed by atoms with Crippen LogP contribution in [-0.4, -0.2) is 36.5 Å². The van der Waals surface area contributed by atoms with Crippen molar-refractivity contribution < 1.29 is 26.3 Å². The maximum absolute atomic E-state index is 12.5. The number of nitrogens with one attached hydrogen (secondary N) is 2. The first kappa shape index (κ1) is 20.8. The lowest BCUT2D eigenvalue weighted by molar-refractivity contribution is -0.274. The highest BCUT2D eigenvalue weighted by molar-refractivity contribution is 7.98. The van der Waals surface area contributed by atoms with Gasteiger partial charge in [-0.1, -0.05) is 35.1 Å². The molecule has 2 aromatic carbocycles. The summed E-state index contributed by atoms with van der Waals surface area (Å²) in [7, 11) is -3.99. The number of hydrogen-bond donors (Lipinski definition) is 2. The number of aromatic nitrogens is 1. The number of fused-ring (bicyclic) bond motifs is 1. The van der Waals surface area contributed by atoms with Crippen molar-refractivity contribution in [2.75, 3.05) is 4.72 Å². The van der Waals surface area contributed by atoms with E-state index in [1.54, 1.807) is 35.7 Å². The lowest BCUT2D eigenvalue weighted by atomic mass is 10.1. The van der Waals surface area contributed by atoms with Crippen molar-refractivity contribution >= 4 is 54.9 Å². The Kier molecular flexibility index (Phi) is 5.36. The van der Waals surface area contributed by atoms with Gasteiger partial charge in [0.2, 0.25) is 0 Å². The van der Waals surface area contributed by atoms with Crippen molar-refractivity contribution in [3.63, 3.8) is 0 Å². The zero-order valence-corrected chi connectivity index (χ0v) is 17.1. The van der Waals surface area contributed by atoms with Gasteiger partial charge >= 0.3 is 33.1 Å². The zero-order valence-electron chi connectivity index (χ0n) is 15.4.